The van der Waals surface area contributed by atoms with Crippen molar-refractivity contribution in [1.29, 1.82) is 0 Å². The van der Waals surface area contributed by atoms with Crippen LogP contribution in [0.3, 0.4) is 0 Å². The van der Waals surface area contributed by atoms with Gasteiger partial charge >= 0.3 is 5.97 Å². The molecule has 1 saturated heterocycles. The molecule has 0 spiro atoms. The van der Waals surface area contributed by atoms with Crippen LogP contribution in [0.4, 0.5) is 0 Å². The predicted octanol–water partition coefficient (Wildman–Crippen LogP) is 0.828. The maximum Gasteiger partial charge on any atom is 0.326 e. The minimum Gasteiger partial charge on any atom is -0.480 e. The first-order chi connectivity index (χ1) is 9.56. The fraction of sp³-hybridized carbons (Fsp3) is 0.286. The Bertz CT molecular complexity index is 646. The molecule has 0 unspecified atom stereocenters. The number of nitrogens with one attached hydrogen (secondary N) is 1. The molecule has 1 amide bonds. The average molecular weight is 274 g/mol. The van der Waals surface area contributed by atoms with Gasteiger partial charge in [-0.2, -0.15) is 0 Å². The van der Waals surface area contributed by atoms with E-state index in [2.05, 4.69) is 4.98 Å². The highest BCUT2D eigenvalue weighted by molar-refractivity contribution is 5.99. The molecular weight excluding hydrogens is 260 g/mol. The van der Waals surface area contributed by atoms with E-state index in [-0.39, 0.29) is 13.0 Å². The number of fused-ring (bicyclic) bond motifs is 1. The number of para-hydroxylation sites is 1. The summed E-state index contributed by atoms with van der Waals surface area (Å²) in [7, 11) is 0. The molecular formula is C14H14N2O4. The minimum absolute atomic E-state index is 0.0468. The van der Waals surface area contributed by atoms with E-state index in [0.717, 1.165) is 10.9 Å². The first-order valence-electron chi connectivity index (χ1n) is 6.36. The largest absolute Gasteiger partial charge is 0.480 e. The Labute approximate surface area is 114 Å². The standard InChI is InChI=1S/C14H14N2O4/c17-9-6-12(14(19)20)16(7-9)13(18)11-5-8-3-1-2-4-10(8)15-11/h1-5,9,12,15,17H,6-7H2,(H,19,20)/t9-,12-/m1/s1. The second kappa shape index (κ2) is 4.64. The van der Waals surface area contributed by atoms with Crippen LogP contribution in [0.5, 0.6) is 0 Å². The Morgan fingerprint density at radius 3 is 2.75 bits per heavy atom. The van der Waals surface area contributed by atoms with Gasteiger partial charge in [0, 0.05) is 23.9 Å². The number of hydrogen-bond donors (Lipinski definition) is 3. The molecule has 0 aliphatic carbocycles. The molecule has 20 heavy (non-hydrogen) atoms. The molecule has 1 aromatic heterocycles. The van der Waals surface area contributed by atoms with Crippen LogP contribution in [-0.2, 0) is 4.79 Å². The van der Waals surface area contributed by atoms with E-state index < -0.39 is 24.0 Å². The zero-order valence-electron chi connectivity index (χ0n) is 10.6. The normalized spacial score (nSPS) is 22.4. The van der Waals surface area contributed by atoms with Gasteiger partial charge in [0.1, 0.15) is 11.7 Å². The number of benzene rings is 1. The Morgan fingerprint density at radius 1 is 1.30 bits per heavy atom. The maximum atomic E-state index is 12.4. The van der Waals surface area contributed by atoms with Crippen LogP contribution >= 0.6 is 0 Å². The van der Waals surface area contributed by atoms with Crippen molar-refractivity contribution in [2.45, 2.75) is 18.6 Å². The molecule has 0 radical (unpaired) electrons. The molecule has 3 rings (SSSR count). The molecule has 1 aliphatic heterocycles. The van der Waals surface area contributed by atoms with Crippen molar-refractivity contribution in [3.63, 3.8) is 0 Å². The van der Waals surface area contributed by atoms with Gasteiger partial charge in [0.2, 0.25) is 0 Å². The smallest absolute Gasteiger partial charge is 0.326 e. The van der Waals surface area contributed by atoms with Crippen molar-refractivity contribution in [2.75, 3.05) is 6.54 Å². The fourth-order valence-corrected chi connectivity index (χ4v) is 2.62. The molecule has 6 heteroatoms. The van der Waals surface area contributed by atoms with Crippen molar-refractivity contribution in [3.8, 4) is 0 Å². The number of hydrogen-bond acceptors (Lipinski definition) is 3. The van der Waals surface area contributed by atoms with E-state index in [9.17, 15) is 14.7 Å². The van der Waals surface area contributed by atoms with Crippen molar-refractivity contribution in [3.05, 3.63) is 36.0 Å². The highest BCUT2D eigenvalue weighted by atomic mass is 16.4. The van der Waals surface area contributed by atoms with Crippen LogP contribution in [0, 0.1) is 0 Å². The number of aliphatic hydroxyl groups is 1. The average Bonchev–Trinajstić information content (AvgIpc) is 3.01. The number of aromatic amines is 1. The number of carboxylic acid groups (broad SMARTS) is 1. The maximum absolute atomic E-state index is 12.4. The second-order valence-electron chi connectivity index (χ2n) is 4.97. The first kappa shape index (κ1) is 12.7. The van der Waals surface area contributed by atoms with Crippen molar-refractivity contribution < 1.29 is 19.8 Å². The van der Waals surface area contributed by atoms with Crippen molar-refractivity contribution in [1.82, 2.24) is 9.88 Å². The second-order valence-corrected chi connectivity index (χ2v) is 4.97. The summed E-state index contributed by atoms with van der Waals surface area (Å²) >= 11 is 0. The SMILES string of the molecule is O=C(O)[C@H]1C[C@@H](O)CN1C(=O)c1cc2ccccc2[nH]1. The van der Waals surface area contributed by atoms with Gasteiger partial charge < -0.3 is 20.1 Å². The molecule has 104 valence electrons. The molecule has 2 aromatic rings. The summed E-state index contributed by atoms with van der Waals surface area (Å²) in [6.07, 6.45) is -0.717. The highest BCUT2D eigenvalue weighted by Crippen LogP contribution is 2.22. The number of H-pyrrole nitrogens is 1. The predicted molar refractivity (Wildman–Crippen MR) is 71.4 cm³/mol. The van der Waals surface area contributed by atoms with Crippen LogP contribution in [0.1, 0.15) is 16.9 Å². The van der Waals surface area contributed by atoms with E-state index in [1.54, 1.807) is 6.07 Å². The lowest BCUT2D eigenvalue weighted by atomic mass is 10.2. The van der Waals surface area contributed by atoms with E-state index in [4.69, 9.17) is 5.11 Å². The quantitative estimate of drug-likeness (QED) is 0.756. The number of β-amino-alcohol motifs (C(OH)–C–C–N with tert-alkyl or cyclic N) is 1. The zero-order chi connectivity index (χ0) is 14.3. The lowest BCUT2D eigenvalue weighted by Crippen LogP contribution is -2.40. The van der Waals surface area contributed by atoms with E-state index in [1.807, 2.05) is 24.3 Å². The molecule has 1 aliphatic rings. The molecule has 1 aromatic carbocycles. The number of aromatic nitrogens is 1. The monoisotopic (exact) mass is 274 g/mol. The Hall–Kier alpha value is -2.34. The number of nitrogens with zero attached hydrogens (tertiary/aromatic N) is 1. The molecule has 2 atom stereocenters. The first-order valence-corrected chi connectivity index (χ1v) is 6.36. The van der Waals surface area contributed by atoms with Gasteiger partial charge in [-0.05, 0) is 12.1 Å². The number of rotatable bonds is 2. The third-order valence-corrected chi connectivity index (χ3v) is 3.59. The van der Waals surface area contributed by atoms with E-state index >= 15 is 0 Å². The molecule has 2 heterocycles. The highest BCUT2D eigenvalue weighted by Gasteiger charge is 2.39. The van der Waals surface area contributed by atoms with Gasteiger partial charge in [0.05, 0.1) is 6.10 Å². The number of aliphatic hydroxyl groups excluding tert-OH is 1. The van der Waals surface area contributed by atoms with Crippen LogP contribution in [0.2, 0.25) is 0 Å². The van der Waals surface area contributed by atoms with Gasteiger partial charge in [-0.1, -0.05) is 18.2 Å². The molecule has 1 fully saturated rings. The number of carboxylic acids is 1. The van der Waals surface area contributed by atoms with Gasteiger partial charge in [0.25, 0.3) is 5.91 Å². The molecule has 6 nitrogen and oxygen atoms in total. The molecule has 3 N–H and O–H groups in total. The van der Waals surface area contributed by atoms with Crippen LogP contribution in [0.15, 0.2) is 30.3 Å². The Kier molecular flexibility index (Phi) is 2.94. The zero-order valence-corrected chi connectivity index (χ0v) is 10.6. The third-order valence-electron chi connectivity index (χ3n) is 3.59. The van der Waals surface area contributed by atoms with Crippen LogP contribution in [-0.4, -0.2) is 50.7 Å². The summed E-state index contributed by atoms with van der Waals surface area (Å²) in [5.41, 5.74) is 1.16. The number of aliphatic carboxylic acids is 1. The number of amides is 1. The topological polar surface area (TPSA) is 93.6 Å². The van der Waals surface area contributed by atoms with Crippen LogP contribution in [0.25, 0.3) is 10.9 Å². The fourth-order valence-electron chi connectivity index (χ4n) is 2.62. The minimum atomic E-state index is -1.09. The van der Waals surface area contributed by atoms with Gasteiger partial charge in [-0.25, -0.2) is 4.79 Å². The Balaban J connectivity index is 1.93. The Morgan fingerprint density at radius 2 is 2.05 bits per heavy atom. The number of carbonyl (C=O) groups is 2. The summed E-state index contributed by atoms with van der Waals surface area (Å²) in [6.45, 7) is 0.0468. The summed E-state index contributed by atoms with van der Waals surface area (Å²) in [5.74, 6) is -1.49. The number of likely N-dealkylation sites (tertiary alicyclic amines) is 1. The lowest BCUT2D eigenvalue weighted by molar-refractivity contribution is -0.141. The molecule has 0 bridgehead atoms. The summed E-state index contributed by atoms with van der Waals surface area (Å²) in [6, 6.07) is 8.16. The molecule has 0 saturated carbocycles. The van der Waals surface area contributed by atoms with E-state index in [0.29, 0.717) is 5.69 Å². The van der Waals surface area contributed by atoms with E-state index in [1.165, 1.54) is 4.90 Å². The summed E-state index contributed by atoms with van der Waals surface area (Å²) in [5, 5.41) is 19.6. The third kappa shape index (κ3) is 2.04. The lowest BCUT2D eigenvalue weighted by Gasteiger charge is -2.20. The van der Waals surface area contributed by atoms with Gasteiger partial charge in [-0.3, -0.25) is 4.79 Å². The van der Waals surface area contributed by atoms with Crippen LogP contribution < -0.4 is 0 Å². The summed E-state index contributed by atoms with van der Waals surface area (Å²) < 4.78 is 0. The van der Waals surface area contributed by atoms with Gasteiger partial charge in [-0.15, -0.1) is 0 Å². The number of carbonyl (C=O) groups excluding carboxylic acids is 1. The summed E-state index contributed by atoms with van der Waals surface area (Å²) in [4.78, 5) is 27.7. The van der Waals surface area contributed by atoms with Crippen molar-refractivity contribution >= 4 is 22.8 Å². The van der Waals surface area contributed by atoms with Gasteiger partial charge in [0.15, 0.2) is 0 Å². The van der Waals surface area contributed by atoms with Crippen molar-refractivity contribution in [2.24, 2.45) is 0 Å².